The summed E-state index contributed by atoms with van der Waals surface area (Å²) in [4.78, 5) is 2.60. The zero-order valence-electron chi connectivity index (χ0n) is 12.8. The number of fused-ring (bicyclic) bond motifs is 1. The predicted molar refractivity (Wildman–Crippen MR) is 83.0 cm³/mol. The maximum Gasteiger partial charge on any atom is 0.119 e. The Balaban J connectivity index is 1.83. The Hall–Kier alpha value is -1.02. The molecule has 0 aliphatic heterocycles. The van der Waals surface area contributed by atoms with Crippen LogP contribution >= 0.6 is 0 Å². The van der Waals surface area contributed by atoms with E-state index in [1.807, 2.05) is 12.1 Å². The first-order chi connectivity index (χ1) is 9.66. The third-order valence-corrected chi connectivity index (χ3v) is 5.43. The first-order valence-corrected chi connectivity index (χ1v) is 8.19. The molecule has 1 N–H and O–H groups in total. The summed E-state index contributed by atoms with van der Waals surface area (Å²) in [5.41, 5.74) is 2.57. The molecule has 0 saturated heterocycles. The smallest absolute Gasteiger partial charge is 0.119 e. The van der Waals surface area contributed by atoms with Crippen molar-refractivity contribution in [2.24, 2.45) is 5.92 Å². The molecule has 0 amide bonds. The molecule has 2 nitrogen and oxygen atoms in total. The number of nitrogens with zero attached hydrogens (tertiary/aromatic N) is 1. The normalized spacial score (nSPS) is 30.2. The van der Waals surface area contributed by atoms with E-state index in [1.165, 1.54) is 49.7 Å². The standard InChI is InChI=1S/C18H27NO/c1-13-6-3-7-14(12-13)19(2)17-10-4-9-16-15(17)8-5-11-18(16)20/h5,8,11,13-14,17,20H,3-4,6-7,9-10,12H2,1-2H3. The maximum atomic E-state index is 10.1. The van der Waals surface area contributed by atoms with Gasteiger partial charge in [-0.05, 0) is 62.3 Å². The van der Waals surface area contributed by atoms with Crippen LogP contribution in [0, 0.1) is 5.92 Å². The minimum absolute atomic E-state index is 0.498. The first-order valence-electron chi connectivity index (χ1n) is 8.19. The van der Waals surface area contributed by atoms with E-state index < -0.39 is 0 Å². The molecular weight excluding hydrogens is 246 g/mol. The number of benzene rings is 1. The lowest BCUT2D eigenvalue weighted by molar-refractivity contribution is 0.107. The van der Waals surface area contributed by atoms with E-state index in [-0.39, 0.29) is 0 Å². The van der Waals surface area contributed by atoms with E-state index >= 15 is 0 Å². The molecule has 1 aromatic carbocycles. The van der Waals surface area contributed by atoms with Crippen LogP contribution in [0.4, 0.5) is 0 Å². The van der Waals surface area contributed by atoms with E-state index in [0.29, 0.717) is 11.8 Å². The second-order valence-electron chi connectivity index (χ2n) is 6.84. The van der Waals surface area contributed by atoms with Crippen molar-refractivity contribution in [2.45, 2.75) is 64.0 Å². The zero-order valence-corrected chi connectivity index (χ0v) is 12.8. The van der Waals surface area contributed by atoms with Crippen molar-refractivity contribution < 1.29 is 5.11 Å². The van der Waals surface area contributed by atoms with E-state index in [1.54, 1.807) is 0 Å². The van der Waals surface area contributed by atoms with Crippen LogP contribution in [0.25, 0.3) is 0 Å². The Labute approximate surface area is 122 Å². The molecule has 3 unspecified atom stereocenters. The molecule has 1 aromatic rings. The zero-order chi connectivity index (χ0) is 14.1. The fraction of sp³-hybridized carbons (Fsp3) is 0.667. The van der Waals surface area contributed by atoms with Crippen molar-refractivity contribution in [2.75, 3.05) is 7.05 Å². The van der Waals surface area contributed by atoms with Gasteiger partial charge >= 0.3 is 0 Å². The highest BCUT2D eigenvalue weighted by Crippen LogP contribution is 2.40. The SMILES string of the molecule is CC1CCCC(N(C)C2CCCc3c(O)cccc32)C1. The Morgan fingerprint density at radius 2 is 2.00 bits per heavy atom. The van der Waals surface area contributed by atoms with Gasteiger partial charge in [0.2, 0.25) is 0 Å². The Bertz CT molecular complexity index is 470. The maximum absolute atomic E-state index is 10.1. The van der Waals surface area contributed by atoms with E-state index in [9.17, 15) is 5.11 Å². The van der Waals surface area contributed by atoms with Crippen molar-refractivity contribution in [1.82, 2.24) is 4.90 Å². The van der Waals surface area contributed by atoms with Crippen molar-refractivity contribution in [1.29, 1.82) is 0 Å². The quantitative estimate of drug-likeness (QED) is 0.869. The summed E-state index contributed by atoms with van der Waals surface area (Å²) in [5, 5.41) is 10.1. The molecule has 2 aliphatic rings. The average Bonchev–Trinajstić information content (AvgIpc) is 2.46. The highest BCUT2D eigenvalue weighted by atomic mass is 16.3. The molecule has 110 valence electrons. The van der Waals surface area contributed by atoms with E-state index in [2.05, 4.69) is 24.9 Å². The number of phenols is 1. The highest BCUT2D eigenvalue weighted by molar-refractivity contribution is 5.42. The van der Waals surface area contributed by atoms with Gasteiger partial charge in [0.25, 0.3) is 0 Å². The Morgan fingerprint density at radius 1 is 1.15 bits per heavy atom. The first kappa shape index (κ1) is 13.9. The molecule has 0 heterocycles. The monoisotopic (exact) mass is 273 g/mol. The van der Waals surface area contributed by atoms with Gasteiger partial charge < -0.3 is 5.11 Å². The van der Waals surface area contributed by atoms with Crippen molar-refractivity contribution in [3.63, 3.8) is 0 Å². The second-order valence-corrected chi connectivity index (χ2v) is 6.84. The number of hydrogen-bond acceptors (Lipinski definition) is 2. The van der Waals surface area contributed by atoms with Crippen LogP contribution in [0.5, 0.6) is 5.75 Å². The van der Waals surface area contributed by atoms with Gasteiger partial charge in [0.15, 0.2) is 0 Å². The molecule has 0 radical (unpaired) electrons. The number of hydrogen-bond donors (Lipinski definition) is 1. The topological polar surface area (TPSA) is 23.5 Å². The fourth-order valence-electron chi connectivity index (χ4n) is 4.25. The molecule has 2 heteroatoms. The summed E-state index contributed by atoms with van der Waals surface area (Å²) in [7, 11) is 2.30. The minimum Gasteiger partial charge on any atom is -0.508 e. The lowest BCUT2D eigenvalue weighted by Gasteiger charge is -2.41. The van der Waals surface area contributed by atoms with Crippen molar-refractivity contribution in [3.05, 3.63) is 29.3 Å². The summed E-state index contributed by atoms with van der Waals surface area (Å²) in [6, 6.07) is 7.29. The number of rotatable bonds is 2. The van der Waals surface area contributed by atoms with Gasteiger partial charge in [-0.2, -0.15) is 0 Å². The summed E-state index contributed by atoms with van der Waals surface area (Å²) in [6.07, 6.45) is 8.90. The van der Waals surface area contributed by atoms with Gasteiger partial charge in [-0.3, -0.25) is 4.90 Å². The third-order valence-electron chi connectivity index (χ3n) is 5.43. The van der Waals surface area contributed by atoms with Gasteiger partial charge in [0.05, 0.1) is 0 Å². The molecule has 1 saturated carbocycles. The summed E-state index contributed by atoms with van der Waals surface area (Å²) < 4.78 is 0. The van der Waals surface area contributed by atoms with Crippen LogP contribution in [-0.4, -0.2) is 23.1 Å². The molecule has 1 fully saturated rings. The Kier molecular flexibility index (Phi) is 4.02. The molecule has 0 spiro atoms. The van der Waals surface area contributed by atoms with E-state index in [4.69, 9.17) is 0 Å². The summed E-state index contributed by atoms with van der Waals surface area (Å²) in [5.74, 6) is 1.36. The van der Waals surface area contributed by atoms with Crippen LogP contribution in [0.3, 0.4) is 0 Å². The van der Waals surface area contributed by atoms with Gasteiger partial charge in [-0.15, -0.1) is 0 Å². The van der Waals surface area contributed by atoms with Gasteiger partial charge in [-0.25, -0.2) is 0 Å². The third kappa shape index (κ3) is 2.58. The largest absolute Gasteiger partial charge is 0.508 e. The van der Waals surface area contributed by atoms with Crippen LogP contribution < -0.4 is 0 Å². The molecule has 0 aromatic heterocycles. The van der Waals surface area contributed by atoms with Crippen LogP contribution in [0.2, 0.25) is 0 Å². The van der Waals surface area contributed by atoms with Crippen LogP contribution in [0.1, 0.15) is 62.6 Å². The van der Waals surface area contributed by atoms with Crippen LogP contribution in [0.15, 0.2) is 18.2 Å². The molecule has 2 aliphatic carbocycles. The molecule has 20 heavy (non-hydrogen) atoms. The summed E-state index contributed by atoms with van der Waals surface area (Å²) >= 11 is 0. The van der Waals surface area contributed by atoms with Crippen molar-refractivity contribution in [3.8, 4) is 5.75 Å². The molecule has 3 rings (SSSR count). The van der Waals surface area contributed by atoms with E-state index in [0.717, 1.165) is 18.4 Å². The fourth-order valence-corrected chi connectivity index (χ4v) is 4.25. The van der Waals surface area contributed by atoms with Crippen molar-refractivity contribution >= 4 is 0 Å². The predicted octanol–water partition coefficient (Wildman–Crippen LogP) is 4.28. The molecule has 3 atom stereocenters. The van der Waals surface area contributed by atoms with Crippen LogP contribution in [-0.2, 0) is 6.42 Å². The molecule has 0 bridgehead atoms. The average molecular weight is 273 g/mol. The summed E-state index contributed by atoms with van der Waals surface area (Å²) in [6.45, 7) is 2.39. The lowest BCUT2D eigenvalue weighted by Crippen LogP contribution is -2.39. The van der Waals surface area contributed by atoms with Gasteiger partial charge in [0.1, 0.15) is 5.75 Å². The minimum atomic E-state index is 0.498. The highest BCUT2D eigenvalue weighted by Gasteiger charge is 2.31. The number of phenolic OH excluding ortho intramolecular Hbond substituents is 1. The molecular formula is C18H27NO. The second kappa shape index (κ2) is 5.77. The number of aromatic hydroxyl groups is 1. The lowest BCUT2D eigenvalue weighted by atomic mass is 9.82. The van der Waals surface area contributed by atoms with Gasteiger partial charge in [0, 0.05) is 12.1 Å². The Morgan fingerprint density at radius 3 is 2.80 bits per heavy atom. The van der Waals surface area contributed by atoms with Gasteiger partial charge in [-0.1, -0.05) is 31.9 Å².